The number of hydrogen-bond donors (Lipinski definition) is 0. The fraction of sp³-hybridized carbons (Fsp3) is 0.133. The number of para-hydroxylation sites is 1. The van der Waals surface area contributed by atoms with Crippen molar-refractivity contribution in [2.75, 3.05) is 0 Å². The highest BCUT2D eigenvalue weighted by Gasteiger charge is 2.09. The number of aryl methyl sites for hydroxylation is 2. The van der Waals surface area contributed by atoms with Crippen LogP contribution in [-0.2, 0) is 0 Å². The first kappa shape index (κ1) is 11.4. The van der Waals surface area contributed by atoms with Gasteiger partial charge in [-0.3, -0.25) is 0 Å². The highest BCUT2D eigenvalue weighted by Crippen LogP contribution is 2.20. The molecule has 0 N–H and O–H groups in total. The lowest BCUT2D eigenvalue weighted by molar-refractivity contribution is 0.810. The maximum absolute atomic E-state index is 9.27. The van der Waals surface area contributed by atoms with Gasteiger partial charge in [-0.25, -0.2) is 9.67 Å². The van der Waals surface area contributed by atoms with Gasteiger partial charge in [0.2, 0.25) is 0 Å². The molecule has 3 aromatic rings. The van der Waals surface area contributed by atoms with Crippen LogP contribution in [0.25, 0.3) is 16.7 Å². The van der Waals surface area contributed by atoms with Crippen LogP contribution in [0, 0.1) is 25.2 Å². The minimum absolute atomic E-state index is 0.619. The molecule has 1 aromatic carbocycles. The van der Waals surface area contributed by atoms with Gasteiger partial charge in [0.05, 0.1) is 22.8 Å². The van der Waals surface area contributed by atoms with E-state index in [0.29, 0.717) is 11.4 Å². The molecule has 19 heavy (non-hydrogen) atoms. The maximum Gasteiger partial charge on any atom is 0.155 e. The maximum atomic E-state index is 9.27. The van der Waals surface area contributed by atoms with Crippen LogP contribution in [0.4, 0.5) is 0 Å². The largest absolute Gasteiger partial charge is 0.229 e. The van der Waals surface area contributed by atoms with E-state index in [1.54, 1.807) is 10.7 Å². The molecule has 0 unspecified atom stereocenters. The van der Waals surface area contributed by atoms with Gasteiger partial charge < -0.3 is 0 Å². The monoisotopic (exact) mass is 248 g/mol. The molecule has 3 rings (SSSR count). The molecule has 0 aliphatic carbocycles. The predicted octanol–water partition coefficient (Wildman–Crippen LogP) is 2.91. The molecule has 0 aliphatic rings. The molecular formula is C15H12N4. The fourth-order valence-electron chi connectivity index (χ4n) is 2.22. The molecule has 2 heterocycles. The minimum atomic E-state index is 0.619. The molecule has 4 heteroatoms. The summed E-state index contributed by atoms with van der Waals surface area (Å²) in [6, 6.07) is 13.6. The van der Waals surface area contributed by atoms with Crippen LogP contribution in [0.1, 0.15) is 17.0 Å². The fourth-order valence-corrected chi connectivity index (χ4v) is 2.22. The van der Waals surface area contributed by atoms with E-state index in [4.69, 9.17) is 0 Å². The molecule has 0 saturated carbocycles. The zero-order valence-corrected chi connectivity index (χ0v) is 10.8. The SMILES string of the molecule is Cc1cc(C)n(-c2cc(C#N)c3ccccc3n2)n1. The standard InChI is InChI=1S/C15H12N4/c1-10-7-11(2)19(18-10)15-8-12(9-16)13-5-3-4-6-14(13)17-15/h3-8H,1-2H3. The van der Waals surface area contributed by atoms with Gasteiger partial charge in [-0.15, -0.1) is 0 Å². The predicted molar refractivity (Wildman–Crippen MR) is 73.1 cm³/mol. The summed E-state index contributed by atoms with van der Waals surface area (Å²) in [5.74, 6) is 0.681. The molecule has 4 nitrogen and oxygen atoms in total. The number of hydrogen-bond acceptors (Lipinski definition) is 3. The smallest absolute Gasteiger partial charge is 0.155 e. The van der Waals surface area contributed by atoms with Gasteiger partial charge in [-0.2, -0.15) is 10.4 Å². The molecule has 0 fully saturated rings. The van der Waals surface area contributed by atoms with Crippen LogP contribution in [0.3, 0.4) is 0 Å². The Balaban J connectivity index is 2.32. The number of nitrogens with zero attached hydrogens (tertiary/aromatic N) is 4. The van der Waals surface area contributed by atoms with Gasteiger partial charge in [-0.1, -0.05) is 18.2 Å². The Morgan fingerprint density at radius 3 is 2.63 bits per heavy atom. The van der Waals surface area contributed by atoms with Gasteiger partial charge in [0.1, 0.15) is 0 Å². The van der Waals surface area contributed by atoms with Crippen molar-refractivity contribution in [1.82, 2.24) is 14.8 Å². The van der Waals surface area contributed by atoms with Crippen molar-refractivity contribution in [3.63, 3.8) is 0 Å². The molecule has 0 spiro atoms. The van der Waals surface area contributed by atoms with Crippen molar-refractivity contribution in [2.24, 2.45) is 0 Å². The van der Waals surface area contributed by atoms with Crippen LogP contribution < -0.4 is 0 Å². The molecule has 0 radical (unpaired) electrons. The molecule has 0 bridgehead atoms. The molecule has 0 atom stereocenters. The number of nitriles is 1. The zero-order valence-electron chi connectivity index (χ0n) is 10.8. The average Bonchev–Trinajstić information content (AvgIpc) is 2.76. The number of fused-ring (bicyclic) bond motifs is 1. The number of benzene rings is 1. The van der Waals surface area contributed by atoms with Crippen LogP contribution >= 0.6 is 0 Å². The van der Waals surface area contributed by atoms with E-state index in [1.165, 1.54) is 0 Å². The van der Waals surface area contributed by atoms with Crippen molar-refractivity contribution in [3.8, 4) is 11.9 Å². The molecule has 2 aromatic heterocycles. The Morgan fingerprint density at radius 1 is 1.16 bits per heavy atom. The summed E-state index contributed by atoms with van der Waals surface area (Å²) in [5.41, 5.74) is 3.37. The lowest BCUT2D eigenvalue weighted by Crippen LogP contribution is -2.03. The second-order valence-corrected chi connectivity index (χ2v) is 4.50. The van der Waals surface area contributed by atoms with E-state index >= 15 is 0 Å². The molecular weight excluding hydrogens is 236 g/mol. The Labute approximate surface area is 110 Å². The first-order valence-electron chi connectivity index (χ1n) is 6.02. The van der Waals surface area contributed by atoms with Crippen molar-refractivity contribution < 1.29 is 0 Å². The zero-order chi connectivity index (χ0) is 13.4. The summed E-state index contributed by atoms with van der Waals surface area (Å²) >= 11 is 0. The second kappa shape index (κ2) is 4.21. The van der Waals surface area contributed by atoms with Crippen LogP contribution in [0.15, 0.2) is 36.4 Å². The summed E-state index contributed by atoms with van der Waals surface area (Å²) < 4.78 is 1.77. The quantitative estimate of drug-likeness (QED) is 0.665. The lowest BCUT2D eigenvalue weighted by atomic mass is 10.1. The van der Waals surface area contributed by atoms with Gasteiger partial charge in [0.15, 0.2) is 5.82 Å². The van der Waals surface area contributed by atoms with E-state index < -0.39 is 0 Å². The van der Waals surface area contributed by atoms with E-state index in [2.05, 4.69) is 16.2 Å². The third-order valence-corrected chi connectivity index (χ3v) is 3.05. The van der Waals surface area contributed by atoms with E-state index in [0.717, 1.165) is 22.3 Å². The third-order valence-electron chi connectivity index (χ3n) is 3.05. The molecule has 0 amide bonds. The molecule has 92 valence electrons. The van der Waals surface area contributed by atoms with Crippen LogP contribution in [-0.4, -0.2) is 14.8 Å². The van der Waals surface area contributed by atoms with Crippen LogP contribution in [0.2, 0.25) is 0 Å². The summed E-state index contributed by atoms with van der Waals surface area (Å²) in [6.07, 6.45) is 0. The minimum Gasteiger partial charge on any atom is -0.229 e. The first-order chi connectivity index (χ1) is 9.19. The second-order valence-electron chi connectivity index (χ2n) is 4.50. The highest BCUT2D eigenvalue weighted by atomic mass is 15.3. The Kier molecular flexibility index (Phi) is 2.53. The summed E-state index contributed by atoms with van der Waals surface area (Å²) in [6.45, 7) is 3.92. The number of rotatable bonds is 1. The normalized spacial score (nSPS) is 10.6. The summed E-state index contributed by atoms with van der Waals surface area (Å²) in [4.78, 5) is 4.58. The Morgan fingerprint density at radius 2 is 1.95 bits per heavy atom. The third kappa shape index (κ3) is 1.85. The van der Waals surface area contributed by atoms with E-state index in [9.17, 15) is 5.26 Å². The summed E-state index contributed by atoms with van der Waals surface area (Å²) in [5, 5.41) is 14.6. The average molecular weight is 248 g/mol. The molecule has 0 saturated heterocycles. The van der Waals surface area contributed by atoms with Crippen molar-refractivity contribution in [2.45, 2.75) is 13.8 Å². The Hall–Kier alpha value is -2.67. The lowest BCUT2D eigenvalue weighted by Gasteiger charge is -2.06. The van der Waals surface area contributed by atoms with E-state index in [1.807, 2.05) is 44.2 Å². The van der Waals surface area contributed by atoms with Crippen LogP contribution in [0.5, 0.6) is 0 Å². The number of aromatic nitrogens is 3. The van der Waals surface area contributed by atoms with Gasteiger partial charge >= 0.3 is 0 Å². The van der Waals surface area contributed by atoms with Crippen molar-refractivity contribution in [1.29, 1.82) is 5.26 Å². The summed E-state index contributed by atoms with van der Waals surface area (Å²) in [7, 11) is 0. The molecule has 0 aliphatic heterocycles. The van der Waals surface area contributed by atoms with Gasteiger partial charge in [0.25, 0.3) is 0 Å². The van der Waals surface area contributed by atoms with Gasteiger partial charge in [0, 0.05) is 17.1 Å². The van der Waals surface area contributed by atoms with E-state index in [-0.39, 0.29) is 0 Å². The highest BCUT2D eigenvalue weighted by molar-refractivity contribution is 5.85. The van der Waals surface area contributed by atoms with Gasteiger partial charge in [-0.05, 0) is 26.0 Å². The topological polar surface area (TPSA) is 54.5 Å². The first-order valence-corrected chi connectivity index (χ1v) is 6.02. The van der Waals surface area contributed by atoms with Crippen molar-refractivity contribution >= 4 is 10.9 Å². The van der Waals surface area contributed by atoms with Crippen molar-refractivity contribution in [3.05, 3.63) is 53.3 Å². The number of pyridine rings is 1. The Bertz CT molecular complexity index is 809.